The van der Waals surface area contributed by atoms with E-state index in [0.29, 0.717) is 13.2 Å². The molecule has 0 aromatic heterocycles. The van der Waals surface area contributed by atoms with Crippen molar-refractivity contribution in [2.45, 2.75) is 19.4 Å². The third kappa shape index (κ3) is 7.66. The van der Waals surface area contributed by atoms with Crippen molar-refractivity contribution in [2.75, 3.05) is 54.7 Å². The molecule has 6 heteroatoms. The SMILES string of the molecule is CN=C(NCCCCOCCOC)N(C)Cc1ccccc1OC. The van der Waals surface area contributed by atoms with Gasteiger partial charge in [-0.2, -0.15) is 0 Å². The highest BCUT2D eigenvalue weighted by molar-refractivity contribution is 5.79. The Bertz CT molecular complexity index is 480. The zero-order chi connectivity index (χ0) is 17.6. The van der Waals surface area contributed by atoms with Gasteiger partial charge in [0.15, 0.2) is 5.96 Å². The summed E-state index contributed by atoms with van der Waals surface area (Å²) in [7, 11) is 7.20. The first-order chi connectivity index (χ1) is 11.7. The topological polar surface area (TPSA) is 55.3 Å². The first kappa shape index (κ1) is 20.3. The van der Waals surface area contributed by atoms with Crippen LogP contribution < -0.4 is 10.1 Å². The van der Waals surface area contributed by atoms with Crippen LogP contribution in [0.25, 0.3) is 0 Å². The molecule has 1 aromatic rings. The number of hydrogen-bond acceptors (Lipinski definition) is 4. The zero-order valence-electron chi connectivity index (χ0n) is 15.4. The Morgan fingerprint density at radius 2 is 1.92 bits per heavy atom. The van der Waals surface area contributed by atoms with Crippen molar-refractivity contribution in [2.24, 2.45) is 4.99 Å². The molecule has 1 N–H and O–H groups in total. The maximum Gasteiger partial charge on any atom is 0.193 e. The Hall–Kier alpha value is -1.79. The minimum absolute atomic E-state index is 0.651. The molecule has 0 spiro atoms. The fourth-order valence-corrected chi connectivity index (χ4v) is 2.32. The van der Waals surface area contributed by atoms with E-state index in [0.717, 1.165) is 49.8 Å². The van der Waals surface area contributed by atoms with Crippen LogP contribution in [0.5, 0.6) is 5.75 Å². The summed E-state index contributed by atoms with van der Waals surface area (Å²) in [5.41, 5.74) is 1.14. The number of benzene rings is 1. The van der Waals surface area contributed by atoms with E-state index in [1.807, 2.05) is 25.2 Å². The lowest BCUT2D eigenvalue weighted by Crippen LogP contribution is -2.39. The molecule has 0 saturated carbocycles. The van der Waals surface area contributed by atoms with Gasteiger partial charge in [-0.1, -0.05) is 18.2 Å². The number of unbranched alkanes of at least 4 members (excludes halogenated alkanes) is 1. The van der Waals surface area contributed by atoms with Crippen molar-refractivity contribution in [3.8, 4) is 5.75 Å². The average molecular weight is 337 g/mol. The third-order valence-corrected chi connectivity index (χ3v) is 3.60. The summed E-state index contributed by atoms with van der Waals surface area (Å²) in [6.45, 7) is 3.69. The summed E-state index contributed by atoms with van der Waals surface area (Å²) in [4.78, 5) is 6.43. The lowest BCUT2D eigenvalue weighted by atomic mass is 10.2. The molecule has 0 unspecified atom stereocenters. The summed E-state index contributed by atoms with van der Waals surface area (Å²) in [6.07, 6.45) is 2.05. The monoisotopic (exact) mass is 337 g/mol. The van der Waals surface area contributed by atoms with Gasteiger partial charge in [0.05, 0.1) is 20.3 Å². The fraction of sp³-hybridized carbons (Fsp3) is 0.611. The van der Waals surface area contributed by atoms with Crippen molar-refractivity contribution < 1.29 is 14.2 Å². The molecule has 0 aliphatic heterocycles. The van der Waals surface area contributed by atoms with E-state index < -0.39 is 0 Å². The molecule has 24 heavy (non-hydrogen) atoms. The number of hydrogen-bond donors (Lipinski definition) is 1. The fourth-order valence-electron chi connectivity index (χ4n) is 2.32. The maximum absolute atomic E-state index is 5.45. The summed E-state index contributed by atoms with van der Waals surface area (Å²) in [5.74, 6) is 1.77. The van der Waals surface area contributed by atoms with E-state index in [4.69, 9.17) is 14.2 Å². The summed E-state index contributed by atoms with van der Waals surface area (Å²) < 4.78 is 15.8. The minimum atomic E-state index is 0.651. The van der Waals surface area contributed by atoms with Crippen molar-refractivity contribution in [3.63, 3.8) is 0 Å². The Morgan fingerprint density at radius 1 is 1.12 bits per heavy atom. The molecule has 1 rings (SSSR count). The lowest BCUT2D eigenvalue weighted by Gasteiger charge is -2.23. The Morgan fingerprint density at radius 3 is 2.62 bits per heavy atom. The normalized spacial score (nSPS) is 11.4. The molecular formula is C18H31N3O3. The molecule has 6 nitrogen and oxygen atoms in total. The van der Waals surface area contributed by atoms with Gasteiger partial charge in [-0.3, -0.25) is 4.99 Å². The first-order valence-electron chi connectivity index (χ1n) is 8.33. The number of methoxy groups -OCH3 is 2. The third-order valence-electron chi connectivity index (χ3n) is 3.60. The van der Waals surface area contributed by atoms with E-state index >= 15 is 0 Å². The number of ether oxygens (including phenoxy) is 3. The molecule has 0 fully saturated rings. The number of para-hydroxylation sites is 1. The van der Waals surface area contributed by atoms with Gasteiger partial charge in [0, 0.05) is 46.5 Å². The van der Waals surface area contributed by atoms with Gasteiger partial charge in [0.2, 0.25) is 0 Å². The lowest BCUT2D eigenvalue weighted by molar-refractivity contribution is 0.0689. The van der Waals surface area contributed by atoms with Gasteiger partial charge in [0.25, 0.3) is 0 Å². The van der Waals surface area contributed by atoms with Crippen LogP contribution in [0.4, 0.5) is 0 Å². The Kier molecular flexibility index (Phi) is 10.6. The van der Waals surface area contributed by atoms with Gasteiger partial charge in [0.1, 0.15) is 5.75 Å². The van der Waals surface area contributed by atoms with Crippen molar-refractivity contribution in [1.82, 2.24) is 10.2 Å². The smallest absolute Gasteiger partial charge is 0.193 e. The van der Waals surface area contributed by atoms with Crippen LogP contribution in [0.1, 0.15) is 18.4 Å². The largest absolute Gasteiger partial charge is 0.496 e. The molecule has 0 aliphatic carbocycles. The van der Waals surface area contributed by atoms with Gasteiger partial charge in [-0.25, -0.2) is 0 Å². The van der Waals surface area contributed by atoms with Gasteiger partial charge >= 0.3 is 0 Å². The van der Waals surface area contributed by atoms with Crippen LogP contribution in [-0.4, -0.2) is 65.5 Å². The molecule has 0 heterocycles. The predicted octanol–water partition coefficient (Wildman–Crippen LogP) is 2.15. The highest BCUT2D eigenvalue weighted by Gasteiger charge is 2.09. The minimum Gasteiger partial charge on any atom is -0.496 e. The Labute approximate surface area is 145 Å². The van der Waals surface area contributed by atoms with Gasteiger partial charge < -0.3 is 24.4 Å². The van der Waals surface area contributed by atoms with Crippen molar-refractivity contribution >= 4 is 5.96 Å². The van der Waals surface area contributed by atoms with Crippen LogP contribution >= 0.6 is 0 Å². The highest BCUT2D eigenvalue weighted by atomic mass is 16.5. The van der Waals surface area contributed by atoms with Crippen molar-refractivity contribution in [3.05, 3.63) is 29.8 Å². The van der Waals surface area contributed by atoms with E-state index in [-0.39, 0.29) is 0 Å². The second kappa shape index (κ2) is 12.6. The quantitative estimate of drug-likeness (QED) is 0.381. The predicted molar refractivity (Wildman–Crippen MR) is 97.8 cm³/mol. The standard InChI is InChI=1S/C18H31N3O3/c1-19-18(20-11-7-8-12-24-14-13-22-3)21(2)15-16-9-5-6-10-17(16)23-4/h5-6,9-10H,7-8,11-15H2,1-4H3,(H,19,20). The van der Waals surface area contributed by atoms with Gasteiger partial charge in [-0.15, -0.1) is 0 Å². The van der Waals surface area contributed by atoms with E-state index in [1.54, 1.807) is 21.3 Å². The number of nitrogens with zero attached hydrogens (tertiary/aromatic N) is 2. The maximum atomic E-state index is 5.45. The Balaban J connectivity index is 2.30. The van der Waals surface area contributed by atoms with Crippen LogP contribution in [0, 0.1) is 0 Å². The molecule has 0 bridgehead atoms. The van der Waals surface area contributed by atoms with E-state index in [1.165, 1.54) is 0 Å². The second-order valence-electron chi connectivity index (χ2n) is 5.45. The summed E-state index contributed by atoms with van der Waals surface area (Å²) >= 11 is 0. The summed E-state index contributed by atoms with van der Waals surface area (Å²) in [5, 5.41) is 3.38. The average Bonchev–Trinajstić information content (AvgIpc) is 2.61. The van der Waals surface area contributed by atoms with Gasteiger partial charge in [-0.05, 0) is 18.9 Å². The first-order valence-corrected chi connectivity index (χ1v) is 8.33. The molecule has 136 valence electrons. The van der Waals surface area contributed by atoms with Crippen LogP contribution in [0.15, 0.2) is 29.3 Å². The molecule has 0 atom stereocenters. The number of nitrogens with one attached hydrogen (secondary N) is 1. The zero-order valence-corrected chi connectivity index (χ0v) is 15.4. The number of guanidine groups is 1. The van der Waals surface area contributed by atoms with E-state index in [9.17, 15) is 0 Å². The number of aliphatic imine (C=N–C) groups is 1. The molecule has 0 aliphatic rings. The highest BCUT2D eigenvalue weighted by Crippen LogP contribution is 2.18. The molecule has 1 aromatic carbocycles. The van der Waals surface area contributed by atoms with Crippen LogP contribution in [-0.2, 0) is 16.0 Å². The molecular weight excluding hydrogens is 306 g/mol. The molecule has 0 radical (unpaired) electrons. The molecule has 0 saturated heterocycles. The molecule has 0 amide bonds. The second-order valence-corrected chi connectivity index (χ2v) is 5.45. The van der Waals surface area contributed by atoms with E-state index in [2.05, 4.69) is 21.3 Å². The summed E-state index contributed by atoms with van der Waals surface area (Å²) in [6, 6.07) is 8.04. The van der Waals surface area contributed by atoms with Crippen LogP contribution in [0.3, 0.4) is 0 Å². The number of rotatable bonds is 11. The van der Waals surface area contributed by atoms with Crippen LogP contribution in [0.2, 0.25) is 0 Å². The van der Waals surface area contributed by atoms with Crippen molar-refractivity contribution in [1.29, 1.82) is 0 Å².